The molecule has 0 radical (unpaired) electrons. The molecule has 1 saturated carbocycles. The zero-order valence-corrected chi connectivity index (χ0v) is 9.59. The van der Waals surface area contributed by atoms with Crippen LogP contribution in [0.2, 0.25) is 0 Å². The van der Waals surface area contributed by atoms with Gasteiger partial charge in [0.2, 0.25) is 0 Å². The molecule has 0 aromatic rings. The lowest BCUT2D eigenvalue weighted by Gasteiger charge is -1.99. The minimum absolute atomic E-state index is 0.152. The molecule has 1 aliphatic rings. The fraction of sp³-hybridized carbons (Fsp3) is 0.846. The van der Waals surface area contributed by atoms with Crippen molar-refractivity contribution in [3.63, 3.8) is 0 Å². The maximum Gasteiger partial charge on any atom is 0.140 e. The fourth-order valence-corrected chi connectivity index (χ4v) is 2.10. The Hall–Kier alpha value is -0.660. The second-order valence-corrected chi connectivity index (χ2v) is 4.58. The van der Waals surface area contributed by atoms with Gasteiger partial charge in [-0.25, -0.2) is 0 Å². The molecule has 0 aromatic heterocycles. The van der Waals surface area contributed by atoms with E-state index >= 15 is 0 Å². The van der Waals surface area contributed by atoms with Gasteiger partial charge < -0.3 is 0 Å². The number of carbonyl (C=O) groups excluding carboxylic acids is 2. The summed E-state index contributed by atoms with van der Waals surface area (Å²) in [6.45, 7) is 0. The molecule has 0 aromatic carbocycles. The standard InChI is InChI=1S/C13H22O2/c14-12-9-7-5-3-1-2-4-6-8-10-13(15)11-12/h1-11H2. The van der Waals surface area contributed by atoms with Crippen molar-refractivity contribution in [1.82, 2.24) is 0 Å². The molecular formula is C13H22O2. The normalized spacial score (nSPS) is 22.7. The van der Waals surface area contributed by atoms with Gasteiger partial charge in [-0.2, -0.15) is 0 Å². The largest absolute Gasteiger partial charge is 0.299 e. The van der Waals surface area contributed by atoms with E-state index < -0.39 is 0 Å². The average Bonchev–Trinajstić information content (AvgIpc) is 2.21. The zero-order chi connectivity index (χ0) is 10.9. The van der Waals surface area contributed by atoms with Gasteiger partial charge in [-0.1, -0.05) is 38.5 Å². The Morgan fingerprint density at radius 2 is 0.867 bits per heavy atom. The van der Waals surface area contributed by atoms with Crippen molar-refractivity contribution in [2.24, 2.45) is 0 Å². The molecule has 0 saturated heterocycles. The van der Waals surface area contributed by atoms with Crippen molar-refractivity contribution < 1.29 is 9.59 Å². The summed E-state index contributed by atoms with van der Waals surface area (Å²) in [5, 5.41) is 0. The Labute approximate surface area is 92.4 Å². The van der Waals surface area contributed by atoms with Gasteiger partial charge in [-0.05, 0) is 12.8 Å². The van der Waals surface area contributed by atoms with Crippen LogP contribution in [0, 0.1) is 0 Å². The van der Waals surface area contributed by atoms with Crippen LogP contribution in [0.4, 0.5) is 0 Å². The number of ketones is 2. The molecule has 0 unspecified atom stereocenters. The van der Waals surface area contributed by atoms with E-state index in [-0.39, 0.29) is 18.0 Å². The molecule has 1 fully saturated rings. The highest BCUT2D eigenvalue weighted by Crippen LogP contribution is 2.13. The minimum atomic E-state index is 0.152. The third kappa shape index (κ3) is 6.43. The molecule has 1 rings (SSSR count). The second kappa shape index (κ2) is 7.61. The lowest BCUT2D eigenvalue weighted by Crippen LogP contribution is -2.07. The van der Waals surface area contributed by atoms with Crippen LogP contribution in [0.25, 0.3) is 0 Å². The van der Waals surface area contributed by atoms with E-state index in [1.54, 1.807) is 0 Å². The lowest BCUT2D eigenvalue weighted by molar-refractivity contribution is -0.127. The number of carbonyl (C=O) groups is 2. The lowest BCUT2D eigenvalue weighted by atomic mass is 10.0. The maximum absolute atomic E-state index is 11.4. The number of hydrogen-bond acceptors (Lipinski definition) is 2. The van der Waals surface area contributed by atoms with E-state index in [0.717, 1.165) is 25.7 Å². The van der Waals surface area contributed by atoms with E-state index in [1.807, 2.05) is 0 Å². The van der Waals surface area contributed by atoms with Crippen LogP contribution < -0.4 is 0 Å². The zero-order valence-electron chi connectivity index (χ0n) is 9.59. The van der Waals surface area contributed by atoms with Crippen LogP contribution in [0.1, 0.15) is 70.6 Å². The summed E-state index contributed by atoms with van der Waals surface area (Å²) in [5.74, 6) is 0.304. The number of rotatable bonds is 0. The Morgan fingerprint density at radius 3 is 1.27 bits per heavy atom. The highest BCUT2D eigenvalue weighted by Gasteiger charge is 2.09. The highest BCUT2D eigenvalue weighted by molar-refractivity contribution is 5.98. The van der Waals surface area contributed by atoms with E-state index in [0.29, 0.717) is 12.8 Å². The van der Waals surface area contributed by atoms with Crippen LogP contribution in [0.3, 0.4) is 0 Å². The van der Waals surface area contributed by atoms with Crippen molar-refractivity contribution in [3.8, 4) is 0 Å². The predicted octanol–water partition coefficient (Wildman–Crippen LogP) is 3.43. The van der Waals surface area contributed by atoms with Crippen LogP contribution >= 0.6 is 0 Å². The molecule has 0 N–H and O–H groups in total. The summed E-state index contributed by atoms with van der Waals surface area (Å²) in [5.41, 5.74) is 0. The highest BCUT2D eigenvalue weighted by atomic mass is 16.1. The molecule has 2 nitrogen and oxygen atoms in total. The first-order valence-corrected chi connectivity index (χ1v) is 6.32. The topological polar surface area (TPSA) is 34.1 Å². The summed E-state index contributed by atoms with van der Waals surface area (Å²) >= 11 is 0. The molecule has 0 atom stereocenters. The van der Waals surface area contributed by atoms with Gasteiger partial charge in [0.1, 0.15) is 11.6 Å². The van der Waals surface area contributed by atoms with Gasteiger partial charge in [0.05, 0.1) is 6.42 Å². The Morgan fingerprint density at radius 1 is 0.533 bits per heavy atom. The minimum Gasteiger partial charge on any atom is -0.299 e. The smallest absolute Gasteiger partial charge is 0.140 e. The Balaban J connectivity index is 2.29. The van der Waals surface area contributed by atoms with Gasteiger partial charge in [-0.15, -0.1) is 0 Å². The van der Waals surface area contributed by atoms with E-state index in [4.69, 9.17) is 0 Å². The van der Waals surface area contributed by atoms with Crippen molar-refractivity contribution in [1.29, 1.82) is 0 Å². The van der Waals surface area contributed by atoms with E-state index in [9.17, 15) is 9.59 Å². The monoisotopic (exact) mass is 210 g/mol. The predicted molar refractivity (Wildman–Crippen MR) is 60.8 cm³/mol. The molecule has 2 heteroatoms. The van der Waals surface area contributed by atoms with Crippen molar-refractivity contribution in [2.75, 3.05) is 0 Å². The summed E-state index contributed by atoms with van der Waals surface area (Å²) in [6, 6.07) is 0. The van der Waals surface area contributed by atoms with Crippen molar-refractivity contribution >= 4 is 11.6 Å². The number of hydrogen-bond donors (Lipinski definition) is 0. The maximum atomic E-state index is 11.4. The van der Waals surface area contributed by atoms with Gasteiger partial charge in [-0.3, -0.25) is 9.59 Å². The van der Waals surface area contributed by atoms with Crippen LogP contribution in [-0.2, 0) is 9.59 Å². The summed E-state index contributed by atoms with van der Waals surface area (Å²) in [4.78, 5) is 22.7. The SMILES string of the molecule is O=C1CCCCCCCCCCC(=O)C1. The van der Waals surface area contributed by atoms with Crippen molar-refractivity contribution in [2.45, 2.75) is 70.6 Å². The Kier molecular flexibility index (Phi) is 6.29. The molecular weight excluding hydrogens is 188 g/mol. The Bertz CT molecular complexity index is 187. The van der Waals surface area contributed by atoms with Gasteiger partial charge in [0, 0.05) is 12.8 Å². The third-order valence-electron chi connectivity index (χ3n) is 3.06. The van der Waals surface area contributed by atoms with Gasteiger partial charge >= 0.3 is 0 Å². The quantitative estimate of drug-likeness (QED) is 0.574. The van der Waals surface area contributed by atoms with Crippen LogP contribution in [-0.4, -0.2) is 11.6 Å². The molecule has 0 amide bonds. The molecule has 15 heavy (non-hydrogen) atoms. The fourth-order valence-electron chi connectivity index (χ4n) is 2.10. The summed E-state index contributed by atoms with van der Waals surface area (Å²) in [7, 11) is 0. The molecule has 86 valence electrons. The molecule has 0 bridgehead atoms. The third-order valence-corrected chi connectivity index (χ3v) is 3.06. The second-order valence-electron chi connectivity index (χ2n) is 4.58. The first kappa shape index (κ1) is 12.4. The molecule has 0 heterocycles. The summed E-state index contributed by atoms with van der Waals surface area (Å²) < 4.78 is 0. The van der Waals surface area contributed by atoms with Crippen molar-refractivity contribution in [3.05, 3.63) is 0 Å². The van der Waals surface area contributed by atoms with Gasteiger partial charge in [0.15, 0.2) is 0 Å². The van der Waals surface area contributed by atoms with E-state index in [1.165, 1.54) is 25.7 Å². The molecule has 0 spiro atoms. The summed E-state index contributed by atoms with van der Waals surface area (Å²) in [6.07, 6.45) is 10.8. The van der Waals surface area contributed by atoms with Gasteiger partial charge in [0.25, 0.3) is 0 Å². The molecule has 1 aliphatic carbocycles. The first-order chi connectivity index (χ1) is 7.29. The average molecular weight is 210 g/mol. The number of Topliss-reactive ketones (excluding diaryl/α,β-unsaturated/α-hetero) is 2. The first-order valence-electron chi connectivity index (χ1n) is 6.32. The van der Waals surface area contributed by atoms with Crippen LogP contribution in [0.5, 0.6) is 0 Å². The van der Waals surface area contributed by atoms with Crippen LogP contribution in [0.15, 0.2) is 0 Å². The molecule has 0 aliphatic heterocycles. The van der Waals surface area contributed by atoms with E-state index in [2.05, 4.69) is 0 Å².